The molecule has 3 aromatic carbocycles. The Labute approximate surface area is 174 Å². The van der Waals surface area contributed by atoms with Gasteiger partial charge >= 0.3 is 0 Å². The predicted octanol–water partition coefficient (Wildman–Crippen LogP) is 4.39. The van der Waals surface area contributed by atoms with Gasteiger partial charge in [-0.25, -0.2) is 8.42 Å². The van der Waals surface area contributed by atoms with Crippen molar-refractivity contribution in [3.8, 4) is 11.5 Å². The third-order valence-electron chi connectivity index (χ3n) is 4.16. The molecular weight excluding hydrogens is 414 g/mol. The fourth-order valence-corrected chi connectivity index (χ4v) is 4.21. The maximum atomic E-state index is 13.4. The van der Waals surface area contributed by atoms with Crippen molar-refractivity contribution in [1.82, 2.24) is 0 Å². The minimum Gasteiger partial charge on any atom is -0.497 e. The number of methoxy groups -OCH3 is 2. The zero-order valence-corrected chi connectivity index (χ0v) is 17.3. The Morgan fingerprint density at radius 3 is 2.07 bits per heavy atom. The van der Waals surface area contributed by atoms with Crippen LogP contribution in [0.2, 0.25) is 5.02 Å². The fraction of sp³-hybridized carbons (Fsp3) is 0.0952. The molecule has 0 radical (unpaired) electrons. The van der Waals surface area contributed by atoms with Crippen LogP contribution in [0, 0.1) is 0 Å². The maximum Gasteiger partial charge on any atom is 0.272 e. The molecule has 29 heavy (non-hydrogen) atoms. The van der Waals surface area contributed by atoms with Crippen molar-refractivity contribution in [3.05, 3.63) is 83.4 Å². The lowest BCUT2D eigenvalue weighted by Crippen LogP contribution is -2.37. The van der Waals surface area contributed by atoms with Gasteiger partial charge < -0.3 is 9.47 Å². The first kappa shape index (κ1) is 20.7. The second-order valence-corrected chi connectivity index (χ2v) is 8.18. The first-order valence-corrected chi connectivity index (χ1v) is 10.3. The van der Waals surface area contributed by atoms with Crippen molar-refractivity contribution in [2.75, 3.05) is 18.5 Å². The third-order valence-corrected chi connectivity index (χ3v) is 6.14. The van der Waals surface area contributed by atoms with Gasteiger partial charge in [-0.3, -0.25) is 4.79 Å². The minimum atomic E-state index is -4.21. The number of anilines is 1. The Bertz CT molecular complexity index is 1110. The average molecular weight is 432 g/mol. The average Bonchev–Trinajstić information content (AvgIpc) is 2.74. The molecule has 6 nitrogen and oxygen atoms in total. The van der Waals surface area contributed by atoms with Gasteiger partial charge in [-0.1, -0.05) is 17.7 Å². The number of halogens is 1. The van der Waals surface area contributed by atoms with Crippen molar-refractivity contribution in [3.63, 3.8) is 0 Å². The van der Waals surface area contributed by atoms with E-state index in [9.17, 15) is 13.2 Å². The first-order valence-electron chi connectivity index (χ1n) is 8.50. The molecule has 3 rings (SSSR count). The van der Waals surface area contributed by atoms with E-state index in [1.54, 1.807) is 24.3 Å². The highest BCUT2D eigenvalue weighted by molar-refractivity contribution is 7.93. The molecule has 0 aliphatic heterocycles. The molecule has 150 valence electrons. The van der Waals surface area contributed by atoms with Crippen molar-refractivity contribution >= 4 is 33.2 Å². The van der Waals surface area contributed by atoms with Gasteiger partial charge in [0.25, 0.3) is 15.9 Å². The van der Waals surface area contributed by atoms with Gasteiger partial charge in [-0.2, -0.15) is 4.31 Å². The number of hydrogen-bond donors (Lipinski definition) is 0. The van der Waals surface area contributed by atoms with E-state index in [0.29, 0.717) is 16.5 Å². The monoisotopic (exact) mass is 431 g/mol. The number of hydrogen-bond acceptors (Lipinski definition) is 5. The molecule has 0 fully saturated rings. The number of carbonyl (C=O) groups is 1. The highest BCUT2D eigenvalue weighted by Gasteiger charge is 2.32. The maximum absolute atomic E-state index is 13.4. The Morgan fingerprint density at radius 1 is 0.862 bits per heavy atom. The molecule has 0 aromatic heterocycles. The van der Waals surface area contributed by atoms with Crippen LogP contribution in [0.4, 0.5) is 5.69 Å². The number of nitrogens with zero attached hydrogens (tertiary/aromatic N) is 1. The zero-order valence-electron chi connectivity index (χ0n) is 15.7. The van der Waals surface area contributed by atoms with Crippen LogP contribution in [-0.2, 0) is 10.0 Å². The molecule has 3 aromatic rings. The second kappa shape index (κ2) is 8.55. The molecule has 0 atom stereocenters. The molecule has 8 heteroatoms. The van der Waals surface area contributed by atoms with E-state index in [4.69, 9.17) is 21.1 Å². The SMILES string of the molecule is COc1ccc(N(C(=O)c2cccc(OC)c2)S(=O)(=O)c2ccc(Cl)cc2)cc1. The summed E-state index contributed by atoms with van der Waals surface area (Å²) in [5.41, 5.74) is 0.339. The number of sulfonamides is 1. The molecule has 0 N–H and O–H groups in total. The van der Waals surface area contributed by atoms with E-state index in [-0.39, 0.29) is 16.1 Å². The lowest BCUT2D eigenvalue weighted by Gasteiger charge is -2.23. The van der Waals surface area contributed by atoms with Crippen molar-refractivity contribution in [2.24, 2.45) is 0 Å². The lowest BCUT2D eigenvalue weighted by molar-refractivity contribution is 0.100. The van der Waals surface area contributed by atoms with E-state index < -0.39 is 15.9 Å². The topological polar surface area (TPSA) is 72.9 Å². The summed E-state index contributed by atoms with van der Waals surface area (Å²) >= 11 is 5.88. The van der Waals surface area contributed by atoms with E-state index in [1.165, 1.54) is 62.8 Å². The molecule has 1 amide bonds. The van der Waals surface area contributed by atoms with Crippen LogP contribution in [0.5, 0.6) is 11.5 Å². The Hall–Kier alpha value is -3.03. The summed E-state index contributed by atoms with van der Waals surface area (Å²) in [5.74, 6) is 0.254. The molecule has 0 bridgehead atoms. The molecule has 0 saturated heterocycles. The highest BCUT2D eigenvalue weighted by Crippen LogP contribution is 2.29. The van der Waals surface area contributed by atoms with E-state index in [1.807, 2.05) is 0 Å². The van der Waals surface area contributed by atoms with E-state index in [2.05, 4.69) is 0 Å². The smallest absolute Gasteiger partial charge is 0.272 e. The van der Waals surface area contributed by atoms with Gasteiger partial charge in [-0.05, 0) is 66.7 Å². The third kappa shape index (κ3) is 4.36. The normalized spacial score (nSPS) is 11.0. The zero-order chi connectivity index (χ0) is 21.0. The minimum absolute atomic E-state index is 0.0611. The lowest BCUT2D eigenvalue weighted by atomic mass is 10.2. The van der Waals surface area contributed by atoms with Gasteiger partial charge in [0, 0.05) is 10.6 Å². The molecule has 0 saturated carbocycles. The number of rotatable bonds is 6. The molecular formula is C21H18ClNO5S. The van der Waals surface area contributed by atoms with Gasteiger partial charge in [0.05, 0.1) is 24.8 Å². The van der Waals surface area contributed by atoms with Gasteiger partial charge in [0.2, 0.25) is 0 Å². The molecule has 0 spiro atoms. The summed E-state index contributed by atoms with van der Waals surface area (Å²) in [4.78, 5) is 13.2. The number of ether oxygens (including phenoxy) is 2. The van der Waals surface area contributed by atoms with Crippen LogP contribution < -0.4 is 13.8 Å². The Morgan fingerprint density at radius 2 is 1.48 bits per heavy atom. The standard InChI is InChI=1S/C21H18ClNO5S/c1-27-18-10-8-17(9-11-18)23(21(24)15-4-3-5-19(14-15)28-2)29(25,26)20-12-6-16(22)7-13-20/h3-14H,1-2H3. The van der Waals surface area contributed by atoms with Crippen LogP contribution in [0.15, 0.2) is 77.7 Å². The van der Waals surface area contributed by atoms with Gasteiger partial charge in [-0.15, -0.1) is 0 Å². The fourth-order valence-electron chi connectivity index (χ4n) is 2.67. The van der Waals surface area contributed by atoms with Crippen LogP contribution in [-0.4, -0.2) is 28.5 Å². The number of amides is 1. The van der Waals surface area contributed by atoms with Crippen LogP contribution in [0.1, 0.15) is 10.4 Å². The van der Waals surface area contributed by atoms with Crippen molar-refractivity contribution in [2.45, 2.75) is 4.90 Å². The number of benzene rings is 3. The summed E-state index contributed by atoms with van der Waals surface area (Å²) in [6.07, 6.45) is 0. The summed E-state index contributed by atoms with van der Waals surface area (Å²) < 4.78 is 37.8. The molecule has 0 heterocycles. The van der Waals surface area contributed by atoms with E-state index >= 15 is 0 Å². The van der Waals surface area contributed by atoms with Gasteiger partial charge in [0.15, 0.2) is 0 Å². The largest absolute Gasteiger partial charge is 0.497 e. The predicted molar refractivity (Wildman–Crippen MR) is 111 cm³/mol. The Kier molecular flexibility index (Phi) is 6.10. The number of carbonyl (C=O) groups excluding carboxylic acids is 1. The van der Waals surface area contributed by atoms with Crippen LogP contribution >= 0.6 is 11.6 Å². The van der Waals surface area contributed by atoms with Crippen LogP contribution in [0.3, 0.4) is 0 Å². The molecule has 0 aliphatic rings. The quantitative estimate of drug-likeness (QED) is 0.578. The summed E-state index contributed by atoms with van der Waals surface area (Å²) in [6.45, 7) is 0. The summed E-state index contributed by atoms with van der Waals surface area (Å²) in [5, 5.41) is 0.388. The van der Waals surface area contributed by atoms with Crippen molar-refractivity contribution in [1.29, 1.82) is 0 Å². The van der Waals surface area contributed by atoms with Crippen molar-refractivity contribution < 1.29 is 22.7 Å². The van der Waals surface area contributed by atoms with Crippen LogP contribution in [0.25, 0.3) is 0 Å². The summed E-state index contributed by atoms with van der Waals surface area (Å²) in [7, 11) is -1.25. The molecule has 0 unspecified atom stereocenters. The van der Waals surface area contributed by atoms with Gasteiger partial charge in [0.1, 0.15) is 11.5 Å². The Balaban J connectivity index is 2.15. The second-order valence-electron chi connectivity index (χ2n) is 5.96. The summed E-state index contributed by atoms with van der Waals surface area (Å²) in [6, 6.07) is 18.1. The first-order chi connectivity index (χ1) is 13.9. The van der Waals surface area contributed by atoms with E-state index in [0.717, 1.165) is 4.31 Å². The highest BCUT2D eigenvalue weighted by atomic mass is 35.5. The molecule has 0 aliphatic carbocycles.